The zero-order valence-electron chi connectivity index (χ0n) is 17.1. The van der Waals surface area contributed by atoms with Crippen LogP contribution in [0.5, 0.6) is 5.75 Å². The number of benzene rings is 2. The van der Waals surface area contributed by atoms with Crippen LogP contribution in [-0.4, -0.2) is 32.8 Å². The van der Waals surface area contributed by atoms with Crippen molar-refractivity contribution < 1.29 is 9.53 Å². The summed E-state index contributed by atoms with van der Waals surface area (Å²) in [6, 6.07) is 12.9. The number of aromatic nitrogens is 4. The molecule has 0 saturated heterocycles. The molecule has 0 atom stereocenters. The van der Waals surface area contributed by atoms with Gasteiger partial charge in [0.15, 0.2) is 0 Å². The second-order valence-corrected chi connectivity index (χ2v) is 6.71. The van der Waals surface area contributed by atoms with E-state index in [9.17, 15) is 4.79 Å². The Kier molecular flexibility index (Phi) is 5.48. The van der Waals surface area contributed by atoms with Crippen LogP contribution in [-0.2, 0) is 11.8 Å². The van der Waals surface area contributed by atoms with Crippen LogP contribution in [0.1, 0.15) is 0 Å². The number of aryl methyl sites for hydroxylation is 1. The third kappa shape index (κ3) is 4.61. The lowest BCUT2D eigenvalue weighted by Crippen LogP contribution is -2.07. The number of nitrogens with one attached hydrogen (secondary N) is 3. The Morgan fingerprint density at radius 1 is 1.10 bits per heavy atom. The molecule has 4 rings (SSSR count). The summed E-state index contributed by atoms with van der Waals surface area (Å²) in [6.07, 6.45) is 4.75. The summed E-state index contributed by atoms with van der Waals surface area (Å²) < 4.78 is 7.03. The first-order chi connectivity index (χ1) is 15.0. The molecule has 156 valence electrons. The van der Waals surface area contributed by atoms with Crippen molar-refractivity contribution in [1.29, 1.82) is 0 Å². The van der Waals surface area contributed by atoms with Crippen molar-refractivity contribution in [2.45, 2.75) is 0 Å². The van der Waals surface area contributed by atoms with Crippen LogP contribution >= 0.6 is 0 Å². The predicted molar refractivity (Wildman–Crippen MR) is 121 cm³/mol. The fraction of sp³-hybridized carbons (Fsp3) is 0.0909. The van der Waals surface area contributed by atoms with Crippen LogP contribution in [0.3, 0.4) is 0 Å². The van der Waals surface area contributed by atoms with Crippen LogP contribution in [0.2, 0.25) is 0 Å². The van der Waals surface area contributed by atoms with Crippen molar-refractivity contribution in [3.05, 3.63) is 67.5 Å². The van der Waals surface area contributed by atoms with E-state index in [4.69, 9.17) is 4.74 Å². The van der Waals surface area contributed by atoms with Gasteiger partial charge in [-0.25, -0.2) is 4.98 Å². The molecule has 0 saturated carbocycles. The Labute approximate surface area is 178 Å². The van der Waals surface area contributed by atoms with E-state index in [2.05, 4.69) is 37.6 Å². The average molecular weight is 415 g/mol. The van der Waals surface area contributed by atoms with Gasteiger partial charge in [0.1, 0.15) is 11.6 Å². The maximum absolute atomic E-state index is 11.6. The molecule has 4 aromatic rings. The van der Waals surface area contributed by atoms with Gasteiger partial charge in [0.05, 0.1) is 24.5 Å². The number of anilines is 5. The van der Waals surface area contributed by atoms with Crippen LogP contribution in [0.4, 0.5) is 28.8 Å². The number of carbonyl (C=O) groups is 1. The second kappa shape index (κ2) is 8.54. The van der Waals surface area contributed by atoms with Gasteiger partial charge in [-0.2, -0.15) is 10.1 Å². The number of ether oxygens (including phenoxy) is 1. The van der Waals surface area contributed by atoms with Crippen molar-refractivity contribution in [1.82, 2.24) is 19.7 Å². The molecule has 0 aliphatic rings. The quantitative estimate of drug-likeness (QED) is 0.392. The van der Waals surface area contributed by atoms with Gasteiger partial charge >= 0.3 is 0 Å². The number of rotatable bonds is 7. The Balaban J connectivity index is 1.72. The second-order valence-electron chi connectivity index (χ2n) is 6.71. The summed E-state index contributed by atoms with van der Waals surface area (Å²) in [5.74, 6) is 1.43. The molecule has 0 unspecified atom stereocenters. The average Bonchev–Trinajstić information content (AvgIpc) is 3.17. The predicted octanol–water partition coefficient (Wildman–Crippen LogP) is 3.98. The van der Waals surface area contributed by atoms with Gasteiger partial charge < -0.3 is 20.7 Å². The summed E-state index contributed by atoms with van der Waals surface area (Å²) in [6.45, 7) is 3.47. The highest BCUT2D eigenvalue weighted by Crippen LogP contribution is 2.29. The van der Waals surface area contributed by atoms with Gasteiger partial charge in [-0.05, 0) is 36.4 Å². The highest BCUT2D eigenvalue weighted by Gasteiger charge is 2.11. The minimum atomic E-state index is -0.278. The van der Waals surface area contributed by atoms with E-state index < -0.39 is 0 Å². The number of fused-ring (bicyclic) bond motifs is 1. The smallest absolute Gasteiger partial charge is 0.247 e. The maximum atomic E-state index is 11.6. The summed E-state index contributed by atoms with van der Waals surface area (Å²) in [5, 5.41) is 14.2. The normalized spacial score (nSPS) is 10.5. The number of methoxy groups -OCH3 is 1. The maximum Gasteiger partial charge on any atom is 0.247 e. The molecule has 3 N–H and O–H groups in total. The molecule has 9 heteroatoms. The lowest BCUT2D eigenvalue weighted by Gasteiger charge is -2.13. The largest absolute Gasteiger partial charge is 0.497 e. The molecular formula is C22H21N7O2. The number of nitrogens with zero attached hydrogens (tertiary/aromatic N) is 4. The number of hydrogen-bond donors (Lipinski definition) is 3. The molecule has 0 aliphatic heterocycles. The fourth-order valence-electron chi connectivity index (χ4n) is 3.01. The van der Waals surface area contributed by atoms with E-state index >= 15 is 0 Å². The molecular weight excluding hydrogens is 394 g/mol. The van der Waals surface area contributed by atoms with Crippen LogP contribution < -0.4 is 20.7 Å². The van der Waals surface area contributed by atoms with Crippen molar-refractivity contribution in [3.8, 4) is 5.75 Å². The van der Waals surface area contributed by atoms with E-state index in [1.807, 2.05) is 49.6 Å². The summed E-state index contributed by atoms with van der Waals surface area (Å²) in [5.41, 5.74) is 2.87. The SMILES string of the molecule is C=CC(=O)Nc1cccc(Nc2nc(Nc3cnn(C)c3)nc3cc(OC)ccc23)c1. The van der Waals surface area contributed by atoms with Gasteiger partial charge in [0.25, 0.3) is 0 Å². The highest BCUT2D eigenvalue weighted by molar-refractivity contribution is 5.99. The molecule has 2 heterocycles. The summed E-state index contributed by atoms with van der Waals surface area (Å²) >= 11 is 0. The summed E-state index contributed by atoms with van der Waals surface area (Å²) in [4.78, 5) is 20.9. The molecule has 2 aromatic carbocycles. The number of hydrogen-bond acceptors (Lipinski definition) is 7. The Morgan fingerprint density at radius 2 is 1.94 bits per heavy atom. The number of amides is 1. The first-order valence-electron chi connectivity index (χ1n) is 9.46. The van der Waals surface area contributed by atoms with Crippen molar-refractivity contribution in [2.75, 3.05) is 23.1 Å². The molecule has 2 aromatic heterocycles. The van der Waals surface area contributed by atoms with E-state index in [-0.39, 0.29) is 5.91 Å². The topological polar surface area (TPSA) is 106 Å². The molecule has 0 bridgehead atoms. The third-order valence-corrected chi connectivity index (χ3v) is 4.44. The zero-order chi connectivity index (χ0) is 21.8. The van der Waals surface area contributed by atoms with Crippen LogP contribution in [0, 0.1) is 0 Å². The molecule has 9 nitrogen and oxygen atoms in total. The Morgan fingerprint density at radius 3 is 2.68 bits per heavy atom. The Bertz CT molecular complexity index is 1270. The standard InChI is InChI=1S/C22H21N7O2/c1-4-20(30)24-14-6-5-7-15(10-14)25-21-18-9-8-17(31-3)11-19(18)27-22(28-21)26-16-12-23-29(2)13-16/h4-13H,1H2,2-3H3,(H,24,30)(H2,25,26,27,28). The van der Waals surface area contributed by atoms with Crippen molar-refractivity contribution in [3.63, 3.8) is 0 Å². The Hall–Kier alpha value is -4.40. The molecule has 31 heavy (non-hydrogen) atoms. The van der Waals surface area contributed by atoms with E-state index in [1.165, 1.54) is 6.08 Å². The monoisotopic (exact) mass is 415 g/mol. The minimum absolute atomic E-state index is 0.278. The van der Waals surface area contributed by atoms with Crippen LogP contribution in [0.25, 0.3) is 10.9 Å². The van der Waals surface area contributed by atoms with Gasteiger partial charge in [-0.15, -0.1) is 0 Å². The molecule has 1 amide bonds. The van der Waals surface area contributed by atoms with Gasteiger partial charge in [-0.3, -0.25) is 9.48 Å². The van der Waals surface area contributed by atoms with Crippen molar-refractivity contribution >= 4 is 45.6 Å². The first-order valence-corrected chi connectivity index (χ1v) is 9.46. The van der Waals surface area contributed by atoms with Gasteiger partial charge in [0.2, 0.25) is 11.9 Å². The fourth-order valence-corrected chi connectivity index (χ4v) is 3.01. The molecule has 0 radical (unpaired) electrons. The first kappa shape index (κ1) is 19.9. The van der Waals surface area contributed by atoms with Gasteiger partial charge in [0, 0.05) is 36.1 Å². The minimum Gasteiger partial charge on any atom is -0.497 e. The summed E-state index contributed by atoms with van der Waals surface area (Å²) in [7, 11) is 3.45. The number of carbonyl (C=O) groups excluding carboxylic acids is 1. The highest BCUT2D eigenvalue weighted by atomic mass is 16.5. The van der Waals surface area contributed by atoms with Crippen molar-refractivity contribution in [2.24, 2.45) is 7.05 Å². The molecule has 0 spiro atoms. The lowest BCUT2D eigenvalue weighted by molar-refractivity contribution is -0.111. The van der Waals surface area contributed by atoms with E-state index in [1.54, 1.807) is 24.1 Å². The van der Waals surface area contributed by atoms with E-state index in [0.717, 1.165) is 16.8 Å². The zero-order valence-corrected chi connectivity index (χ0v) is 17.1. The van der Waals surface area contributed by atoms with Gasteiger partial charge in [-0.1, -0.05) is 12.6 Å². The van der Waals surface area contributed by atoms with E-state index in [0.29, 0.717) is 28.7 Å². The lowest BCUT2D eigenvalue weighted by atomic mass is 10.2. The molecule has 0 fully saturated rings. The third-order valence-electron chi connectivity index (χ3n) is 4.44. The van der Waals surface area contributed by atoms with Crippen LogP contribution in [0.15, 0.2) is 67.5 Å². The molecule has 0 aliphatic carbocycles.